The van der Waals surface area contributed by atoms with Crippen LogP contribution in [-0.2, 0) is 16.6 Å². The Balaban J connectivity index is 2.20. The van der Waals surface area contributed by atoms with Crippen LogP contribution in [0.1, 0.15) is 11.1 Å². The van der Waals surface area contributed by atoms with Crippen LogP contribution in [-0.4, -0.2) is 40.5 Å². The molecule has 1 amide bonds. The van der Waals surface area contributed by atoms with E-state index < -0.39 is 16.1 Å². The van der Waals surface area contributed by atoms with Crippen molar-refractivity contribution in [3.63, 3.8) is 0 Å². The molecule has 8 nitrogen and oxygen atoms in total. The molecule has 1 aromatic carbocycles. The zero-order valence-corrected chi connectivity index (χ0v) is 15.7. The fraction of sp³-hybridized carbons (Fsp3) is 0.105. The molecule has 0 fully saturated rings. The van der Waals surface area contributed by atoms with Crippen LogP contribution >= 0.6 is 0 Å². The highest BCUT2D eigenvalue weighted by molar-refractivity contribution is 7.90. The van der Waals surface area contributed by atoms with Crippen LogP contribution in [0.15, 0.2) is 66.0 Å². The van der Waals surface area contributed by atoms with E-state index in [1.165, 1.54) is 31.6 Å². The van der Waals surface area contributed by atoms with Crippen LogP contribution in [0.2, 0.25) is 0 Å². The van der Waals surface area contributed by atoms with Gasteiger partial charge in [0.15, 0.2) is 0 Å². The van der Waals surface area contributed by atoms with Crippen molar-refractivity contribution in [3.05, 3.63) is 72.2 Å². The van der Waals surface area contributed by atoms with Crippen molar-refractivity contribution < 1.29 is 18.3 Å². The zero-order valence-electron chi connectivity index (χ0n) is 14.8. The Morgan fingerprint density at radius 3 is 2.68 bits per heavy atom. The van der Waals surface area contributed by atoms with E-state index in [1.54, 1.807) is 36.5 Å². The molecule has 3 aromatic rings. The highest BCUT2D eigenvalue weighted by atomic mass is 32.2. The smallest absolute Gasteiger partial charge is 0.407 e. The summed E-state index contributed by atoms with van der Waals surface area (Å²) >= 11 is 0. The summed E-state index contributed by atoms with van der Waals surface area (Å²) in [7, 11) is -2.70. The van der Waals surface area contributed by atoms with Crippen LogP contribution < -0.4 is 0 Å². The molecule has 3 rings (SSSR count). The number of aromatic nitrogens is 2. The summed E-state index contributed by atoms with van der Waals surface area (Å²) in [5.41, 5.74) is 1.39. The first-order chi connectivity index (χ1) is 13.3. The van der Waals surface area contributed by atoms with Crippen LogP contribution in [0.3, 0.4) is 0 Å². The second-order valence-corrected chi connectivity index (χ2v) is 7.81. The van der Waals surface area contributed by atoms with Crippen LogP contribution in [0.4, 0.5) is 4.79 Å². The summed E-state index contributed by atoms with van der Waals surface area (Å²) in [5.74, 6) is 0. The molecule has 9 heteroatoms. The lowest BCUT2D eigenvalue weighted by Crippen LogP contribution is -2.23. The van der Waals surface area contributed by atoms with Crippen molar-refractivity contribution in [1.29, 1.82) is 5.26 Å². The second kappa shape index (κ2) is 7.54. The van der Waals surface area contributed by atoms with E-state index in [-0.39, 0.29) is 17.0 Å². The number of nitriles is 1. The van der Waals surface area contributed by atoms with Crippen molar-refractivity contribution in [3.8, 4) is 17.3 Å². The van der Waals surface area contributed by atoms with Gasteiger partial charge in [-0.05, 0) is 35.9 Å². The Labute approximate surface area is 162 Å². The molecule has 2 heterocycles. The molecule has 28 heavy (non-hydrogen) atoms. The molecular weight excluding hydrogens is 380 g/mol. The summed E-state index contributed by atoms with van der Waals surface area (Å²) in [6.07, 6.45) is 3.32. The minimum Gasteiger partial charge on any atom is -0.465 e. The first kappa shape index (κ1) is 19.1. The lowest BCUT2D eigenvalue weighted by Gasteiger charge is -2.12. The van der Waals surface area contributed by atoms with Gasteiger partial charge < -0.3 is 10.0 Å². The molecular formula is C19H16N4O4S. The van der Waals surface area contributed by atoms with E-state index in [4.69, 9.17) is 5.11 Å². The minimum absolute atomic E-state index is 0.00497. The summed E-state index contributed by atoms with van der Waals surface area (Å²) < 4.78 is 27.7. The standard InChI is InChI=1S/C19H16N4O4S/c1-22(19(24)25)12-14-9-17(16-6-4-8-21-11-16)23(13-14)28(26,27)18-7-3-2-5-15(18)10-20/h2-9,11,13H,12H2,1H3,(H,24,25). The lowest BCUT2D eigenvalue weighted by atomic mass is 10.2. The molecule has 0 unspecified atom stereocenters. The number of amides is 1. The van der Waals surface area contributed by atoms with E-state index in [0.717, 1.165) is 8.87 Å². The fourth-order valence-corrected chi connectivity index (χ4v) is 4.28. The third-order valence-corrected chi connectivity index (χ3v) is 5.82. The monoisotopic (exact) mass is 396 g/mol. The predicted octanol–water partition coefficient (Wildman–Crippen LogP) is 2.77. The van der Waals surface area contributed by atoms with Crippen molar-refractivity contribution in [2.75, 3.05) is 7.05 Å². The van der Waals surface area contributed by atoms with E-state index in [9.17, 15) is 18.5 Å². The molecule has 0 bridgehead atoms. The molecule has 0 saturated carbocycles. The Kier molecular flexibility index (Phi) is 5.15. The fourth-order valence-electron chi connectivity index (χ4n) is 2.74. The van der Waals surface area contributed by atoms with Crippen molar-refractivity contribution >= 4 is 16.1 Å². The molecule has 1 N–H and O–H groups in total. The molecule has 2 aromatic heterocycles. The van der Waals surface area contributed by atoms with Gasteiger partial charge in [-0.15, -0.1) is 0 Å². The van der Waals surface area contributed by atoms with Gasteiger partial charge in [-0.3, -0.25) is 4.98 Å². The number of carbonyl (C=O) groups is 1. The average molecular weight is 396 g/mol. The van der Waals surface area contributed by atoms with E-state index in [1.807, 2.05) is 6.07 Å². The molecule has 0 aliphatic rings. The molecule has 142 valence electrons. The summed E-state index contributed by atoms with van der Waals surface area (Å²) in [5, 5.41) is 18.4. The largest absolute Gasteiger partial charge is 0.465 e. The van der Waals surface area contributed by atoms with Crippen molar-refractivity contribution in [2.45, 2.75) is 11.4 Å². The quantitative estimate of drug-likeness (QED) is 0.709. The second-order valence-electron chi connectivity index (χ2n) is 6.02. The molecule has 0 saturated heterocycles. The maximum atomic E-state index is 13.3. The number of hydrogen-bond acceptors (Lipinski definition) is 5. The van der Waals surface area contributed by atoms with Gasteiger partial charge in [0.05, 0.1) is 17.8 Å². The van der Waals surface area contributed by atoms with E-state index in [0.29, 0.717) is 16.8 Å². The third kappa shape index (κ3) is 3.58. The Morgan fingerprint density at radius 1 is 1.29 bits per heavy atom. The van der Waals surface area contributed by atoms with Gasteiger partial charge in [0.1, 0.15) is 11.0 Å². The Morgan fingerprint density at radius 2 is 2.04 bits per heavy atom. The maximum absolute atomic E-state index is 13.3. The van der Waals surface area contributed by atoms with Gasteiger partial charge >= 0.3 is 6.09 Å². The zero-order chi connectivity index (χ0) is 20.3. The van der Waals surface area contributed by atoms with Gasteiger partial charge in [-0.25, -0.2) is 17.2 Å². The van der Waals surface area contributed by atoms with Crippen molar-refractivity contribution in [1.82, 2.24) is 13.9 Å². The van der Waals surface area contributed by atoms with Gasteiger partial charge in [0.2, 0.25) is 0 Å². The van der Waals surface area contributed by atoms with Gasteiger partial charge in [0.25, 0.3) is 10.0 Å². The Bertz CT molecular complexity index is 1160. The molecule has 0 radical (unpaired) electrons. The topological polar surface area (TPSA) is 116 Å². The van der Waals surface area contributed by atoms with Crippen LogP contribution in [0.25, 0.3) is 11.3 Å². The number of benzene rings is 1. The average Bonchev–Trinajstić information content (AvgIpc) is 3.13. The number of carboxylic acid groups (broad SMARTS) is 1. The summed E-state index contributed by atoms with van der Waals surface area (Å²) in [6.45, 7) is 0.00497. The third-order valence-electron chi connectivity index (χ3n) is 4.09. The molecule has 0 aliphatic carbocycles. The number of nitrogens with zero attached hydrogens (tertiary/aromatic N) is 4. The normalized spacial score (nSPS) is 11.0. The van der Waals surface area contributed by atoms with Crippen molar-refractivity contribution in [2.24, 2.45) is 0 Å². The summed E-state index contributed by atoms with van der Waals surface area (Å²) in [6, 6.07) is 12.8. The number of pyridine rings is 1. The van der Waals surface area contributed by atoms with E-state index in [2.05, 4.69) is 4.98 Å². The summed E-state index contributed by atoms with van der Waals surface area (Å²) in [4.78, 5) is 16.1. The number of hydrogen-bond donors (Lipinski definition) is 1. The first-order valence-corrected chi connectivity index (χ1v) is 9.59. The molecule has 0 spiro atoms. The highest BCUT2D eigenvalue weighted by Crippen LogP contribution is 2.28. The highest BCUT2D eigenvalue weighted by Gasteiger charge is 2.25. The minimum atomic E-state index is -4.10. The van der Waals surface area contributed by atoms with Gasteiger partial charge in [-0.1, -0.05) is 12.1 Å². The van der Waals surface area contributed by atoms with Gasteiger partial charge in [-0.2, -0.15) is 5.26 Å². The van der Waals surface area contributed by atoms with E-state index >= 15 is 0 Å². The lowest BCUT2D eigenvalue weighted by molar-refractivity contribution is 0.154. The number of rotatable bonds is 5. The Hall–Kier alpha value is -3.64. The van der Waals surface area contributed by atoms with Crippen LogP contribution in [0, 0.1) is 11.3 Å². The first-order valence-electron chi connectivity index (χ1n) is 8.15. The van der Waals surface area contributed by atoms with Gasteiger partial charge in [0, 0.05) is 31.2 Å². The molecule has 0 aliphatic heterocycles. The SMILES string of the molecule is CN(Cc1cc(-c2cccnc2)n(S(=O)(=O)c2ccccc2C#N)c1)C(=O)O. The predicted molar refractivity (Wildman–Crippen MR) is 101 cm³/mol. The molecule has 0 atom stereocenters. The van der Waals surface area contributed by atoms with Crippen LogP contribution in [0.5, 0.6) is 0 Å². The maximum Gasteiger partial charge on any atom is 0.407 e.